The predicted octanol–water partition coefficient (Wildman–Crippen LogP) is 2.30. The van der Waals surface area contributed by atoms with Crippen LogP contribution >= 0.6 is 0 Å². The molecule has 1 aromatic carbocycles. The van der Waals surface area contributed by atoms with Gasteiger partial charge in [-0.3, -0.25) is 0 Å². The molecule has 0 amide bonds. The van der Waals surface area contributed by atoms with Gasteiger partial charge < -0.3 is 5.11 Å². The lowest BCUT2D eigenvalue weighted by molar-refractivity contribution is 0.181. The van der Waals surface area contributed by atoms with Crippen LogP contribution in [0.25, 0.3) is 0 Å². The maximum Gasteiger partial charge on any atom is 0.0824 e. The first-order valence-corrected chi connectivity index (χ1v) is 3.68. The third kappa shape index (κ3) is 2.20. The van der Waals surface area contributed by atoms with Crippen molar-refractivity contribution in [3.63, 3.8) is 0 Å². The third-order valence-corrected chi connectivity index (χ3v) is 1.57. The molecule has 0 saturated carbocycles. The van der Waals surface area contributed by atoms with E-state index < -0.39 is 6.10 Å². The molecule has 0 aromatic heterocycles. The van der Waals surface area contributed by atoms with Crippen molar-refractivity contribution in [1.82, 2.24) is 0 Å². The smallest absolute Gasteiger partial charge is 0.0824 e. The Balaban J connectivity index is 2.68. The van der Waals surface area contributed by atoms with Crippen molar-refractivity contribution >= 4 is 0 Å². The molecule has 0 spiro atoms. The van der Waals surface area contributed by atoms with Crippen LogP contribution in [0.15, 0.2) is 43.0 Å². The van der Waals surface area contributed by atoms with Gasteiger partial charge in [-0.05, 0) is 12.0 Å². The van der Waals surface area contributed by atoms with E-state index in [2.05, 4.69) is 6.58 Å². The molecule has 0 saturated heterocycles. The van der Waals surface area contributed by atoms with Gasteiger partial charge in [0.15, 0.2) is 0 Å². The Hall–Kier alpha value is -1.08. The van der Waals surface area contributed by atoms with E-state index >= 15 is 0 Å². The van der Waals surface area contributed by atoms with Crippen LogP contribution in [-0.4, -0.2) is 5.11 Å². The SMILES string of the molecule is C=CC[C@H](O)c1ccccc1. The summed E-state index contributed by atoms with van der Waals surface area (Å²) in [5.41, 5.74) is 0.951. The van der Waals surface area contributed by atoms with Crippen molar-refractivity contribution in [2.45, 2.75) is 12.5 Å². The first kappa shape index (κ1) is 8.02. The molecule has 1 atom stereocenters. The quantitative estimate of drug-likeness (QED) is 0.652. The minimum absolute atomic E-state index is 0.395. The molecular weight excluding hydrogens is 136 g/mol. The number of hydrogen-bond acceptors (Lipinski definition) is 1. The molecule has 0 aliphatic rings. The second-order valence-corrected chi connectivity index (χ2v) is 2.45. The molecule has 1 rings (SSSR count). The number of rotatable bonds is 3. The van der Waals surface area contributed by atoms with Gasteiger partial charge in [-0.25, -0.2) is 0 Å². The van der Waals surface area contributed by atoms with Gasteiger partial charge in [-0.15, -0.1) is 6.58 Å². The Bertz CT molecular complexity index is 216. The summed E-state index contributed by atoms with van der Waals surface area (Å²) in [6.45, 7) is 3.57. The van der Waals surface area contributed by atoms with Gasteiger partial charge in [0.25, 0.3) is 0 Å². The van der Waals surface area contributed by atoms with Crippen molar-refractivity contribution in [3.8, 4) is 0 Å². The Morgan fingerprint density at radius 1 is 1.36 bits per heavy atom. The molecule has 0 radical (unpaired) electrons. The van der Waals surface area contributed by atoms with Crippen LogP contribution in [0, 0.1) is 0 Å². The van der Waals surface area contributed by atoms with Crippen molar-refractivity contribution in [3.05, 3.63) is 48.6 Å². The van der Waals surface area contributed by atoms with E-state index in [-0.39, 0.29) is 0 Å². The summed E-state index contributed by atoms with van der Waals surface area (Å²) in [5, 5.41) is 9.45. The van der Waals surface area contributed by atoms with Crippen LogP contribution in [0.3, 0.4) is 0 Å². The minimum Gasteiger partial charge on any atom is -0.388 e. The van der Waals surface area contributed by atoms with Gasteiger partial charge in [-0.1, -0.05) is 36.4 Å². The monoisotopic (exact) mass is 148 g/mol. The highest BCUT2D eigenvalue weighted by molar-refractivity contribution is 5.17. The van der Waals surface area contributed by atoms with Gasteiger partial charge in [0, 0.05) is 0 Å². The van der Waals surface area contributed by atoms with E-state index in [0.29, 0.717) is 6.42 Å². The summed E-state index contributed by atoms with van der Waals surface area (Å²) in [6, 6.07) is 9.59. The fraction of sp³-hybridized carbons (Fsp3) is 0.200. The van der Waals surface area contributed by atoms with Gasteiger partial charge in [-0.2, -0.15) is 0 Å². The average molecular weight is 148 g/mol. The third-order valence-electron chi connectivity index (χ3n) is 1.57. The minimum atomic E-state index is -0.395. The predicted molar refractivity (Wildman–Crippen MR) is 46.2 cm³/mol. The van der Waals surface area contributed by atoms with Crippen LogP contribution in [0.1, 0.15) is 18.1 Å². The summed E-state index contributed by atoms with van der Waals surface area (Å²) in [4.78, 5) is 0. The van der Waals surface area contributed by atoms with Crippen LogP contribution in [0.4, 0.5) is 0 Å². The fourth-order valence-electron chi connectivity index (χ4n) is 0.969. The number of hydrogen-bond donors (Lipinski definition) is 1. The maximum atomic E-state index is 9.45. The zero-order chi connectivity index (χ0) is 8.10. The summed E-state index contributed by atoms with van der Waals surface area (Å²) in [7, 11) is 0. The lowest BCUT2D eigenvalue weighted by Gasteiger charge is -2.06. The zero-order valence-electron chi connectivity index (χ0n) is 6.40. The summed E-state index contributed by atoms with van der Waals surface area (Å²) >= 11 is 0. The van der Waals surface area contributed by atoms with Gasteiger partial charge in [0.05, 0.1) is 6.10 Å². The molecule has 0 fully saturated rings. The van der Waals surface area contributed by atoms with Crippen LogP contribution in [-0.2, 0) is 0 Å². The molecule has 1 nitrogen and oxygen atoms in total. The molecule has 0 aliphatic heterocycles. The number of aliphatic hydroxyl groups is 1. The highest BCUT2D eigenvalue weighted by Crippen LogP contribution is 2.15. The highest BCUT2D eigenvalue weighted by atomic mass is 16.3. The summed E-state index contributed by atoms with van der Waals surface area (Å²) in [5.74, 6) is 0. The van der Waals surface area contributed by atoms with Crippen LogP contribution < -0.4 is 0 Å². The topological polar surface area (TPSA) is 20.2 Å². The van der Waals surface area contributed by atoms with Crippen LogP contribution in [0.2, 0.25) is 0 Å². The average Bonchev–Trinajstić information content (AvgIpc) is 2.07. The van der Waals surface area contributed by atoms with E-state index in [1.54, 1.807) is 6.08 Å². The molecule has 0 aliphatic carbocycles. The normalized spacial score (nSPS) is 12.5. The lowest BCUT2D eigenvalue weighted by Crippen LogP contribution is -1.93. The van der Waals surface area contributed by atoms with E-state index in [1.807, 2.05) is 30.3 Å². The zero-order valence-corrected chi connectivity index (χ0v) is 6.40. The molecule has 1 N–H and O–H groups in total. The van der Waals surface area contributed by atoms with Crippen LogP contribution in [0.5, 0.6) is 0 Å². The van der Waals surface area contributed by atoms with Gasteiger partial charge >= 0.3 is 0 Å². The fourth-order valence-corrected chi connectivity index (χ4v) is 0.969. The van der Waals surface area contributed by atoms with Crippen molar-refractivity contribution in [2.24, 2.45) is 0 Å². The molecule has 58 valence electrons. The molecule has 1 aromatic rings. The van der Waals surface area contributed by atoms with Crippen molar-refractivity contribution in [2.75, 3.05) is 0 Å². The van der Waals surface area contributed by atoms with E-state index in [9.17, 15) is 5.11 Å². The van der Waals surface area contributed by atoms with Gasteiger partial charge in [0.1, 0.15) is 0 Å². The molecular formula is C10H12O. The summed E-state index contributed by atoms with van der Waals surface area (Å²) in [6.07, 6.45) is 1.94. The standard InChI is InChI=1S/C10H12O/c1-2-6-10(11)9-7-4-3-5-8-9/h2-5,7-8,10-11H,1,6H2/t10-/m0/s1. The first-order valence-electron chi connectivity index (χ1n) is 3.68. The largest absolute Gasteiger partial charge is 0.388 e. The molecule has 0 heterocycles. The van der Waals surface area contributed by atoms with E-state index in [1.165, 1.54) is 0 Å². The number of aliphatic hydroxyl groups excluding tert-OH is 1. The van der Waals surface area contributed by atoms with Crippen molar-refractivity contribution in [1.29, 1.82) is 0 Å². The Morgan fingerprint density at radius 3 is 2.55 bits per heavy atom. The second-order valence-electron chi connectivity index (χ2n) is 2.45. The van der Waals surface area contributed by atoms with E-state index in [4.69, 9.17) is 0 Å². The molecule has 0 unspecified atom stereocenters. The molecule has 0 bridgehead atoms. The Morgan fingerprint density at radius 2 is 2.00 bits per heavy atom. The number of benzene rings is 1. The van der Waals surface area contributed by atoms with Crippen molar-refractivity contribution < 1.29 is 5.11 Å². The van der Waals surface area contributed by atoms with Gasteiger partial charge in [0.2, 0.25) is 0 Å². The maximum absolute atomic E-state index is 9.45. The lowest BCUT2D eigenvalue weighted by atomic mass is 10.1. The summed E-state index contributed by atoms with van der Waals surface area (Å²) < 4.78 is 0. The van der Waals surface area contributed by atoms with E-state index in [0.717, 1.165) is 5.56 Å². The molecule has 11 heavy (non-hydrogen) atoms. The highest BCUT2D eigenvalue weighted by Gasteiger charge is 2.02. The Kier molecular flexibility index (Phi) is 2.87. The molecule has 1 heteroatoms. The second kappa shape index (κ2) is 3.94. The Labute approximate surface area is 67.0 Å². The first-order chi connectivity index (χ1) is 5.34.